The molecule has 3 nitrogen and oxygen atoms in total. The second-order valence-electron chi connectivity index (χ2n) is 3.41. The normalized spacial score (nSPS) is 12.4. The van der Waals surface area contributed by atoms with Crippen molar-refractivity contribution in [2.75, 3.05) is 20.8 Å². The number of aliphatic hydroxyl groups excluding tert-OH is 1. The Kier molecular flexibility index (Phi) is 4.38. The van der Waals surface area contributed by atoms with Gasteiger partial charge in [0.05, 0.1) is 19.2 Å². The number of methoxy groups -OCH3 is 2. The summed E-state index contributed by atoms with van der Waals surface area (Å²) >= 11 is 5.86. The van der Waals surface area contributed by atoms with Crippen LogP contribution in [-0.4, -0.2) is 25.9 Å². The van der Waals surface area contributed by atoms with Crippen LogP contribution in [0.1, 0.15) is 18.4 Å². The molecule has 1 N–H and O–H groups in total. The van der Waals surface area contributed by atoms with Gasteiger partial charge in [-0.05, 0) is 6.07 Å². The summed E-state index contributed by atoms with van der Waals surface area (Å²) in [5.41, 5.74) is 0.522. The molecule has 0 saturated heterocycles. The number of rotatable bonds is 4. The molecule has 0 heterocycles. The van der Waals surface area contributed by atoms with E-state index in [1.54, 1.807) is 13.0 Å². The number of aliphatic hydroxyl groups is 1. The van der Waals surface area contributed by atoms with Crippen LogP contribution >= 0.6 is 11.6 Å². The lowest BCUT2D eigenvalue weighted by atomic mass is 10.0. The molecule has 1 aromatic carbocycles. The highest BCUT2D eigenvalue weighted by Gasteiger charge is 2.21. The SMILES string of the molecule is COc1c(Cl)cc(C(C)CO)c(OC)c1F. The van der Waals surface area contributed by atoms with Crippen molar-refractivity contribution >= 4 is 11.6 Å². The van der Waals surface area contributed by atoms with Gasteiger partial charge >= 0.3 is 0 Å². The highest BCUT2D eigenvalue weighted by atomic mass is 35.5. The van der Waals surface area contributed by atoms with Crippen LogP contribution in [0.25, 0.3) is 0 Å². The molecule has 0 saturated carbocycles. The summed E-state index contributed by atoms with van der Waals surface area (Å²) in [6, 6.07) is 1.54. The molecule has 0 aliphatic heterocycles. The van der Waals surface area contributed by atoms with E-state index in [1.807, 2.05) is 0 Å². The summed E-state index contributed by atoms with van der Waals surface area (Å²) in [7, 11) is 2.69. The fourth-order valence-corrected chi connectivity index (χ4v) is 1.74. The van der Waals surface area contributed by atoms with Crippen molar-refractivity contribution < 1.29 is 19.0 Å². The maximum atomic E-state index is 13.9. The van der Waals surface area contributed by atoms with Crippen molar-refractivity contribution in [3.05, 3.63) is 22.5 Å². The number of halogens is 2. The minimum atomic E-state index is -0.646. The maximum absolute atomic E-state index is 13.9. The molecule has 0 aliphatic carbocycles. The lowest BCUT2D eigenvalue weighted by Gasteiger charge is -2.16. The molecule has 0 fully saturated rings. The average Bonchev–Trinajstić information content (AvgIpc) is 2.28. The maximum Gasteiger partial charge on any atom is 0.208 e. The van der Waals surface area contributed by atoms with Crippen LogP contribution in [-0.2, 0) is 0 Å². The van der Waals surface area contributed by atoms with E-state index in [-0.39, 0.29) is 29.0 Å². The number of benzene rings is 1. The largest absolute Gasteiger partial charge is 0.493 e. The summed E-state index contributed by atoms with van der Waals surface area (Å²) < 4.78 is 23.7. The Labute approximate surface area is 98.7 Å². The van der Waals surface area contributed by atoms with E-state index in [4.69, 9.17) is 26.2 Å². The fourth-order valence-electron chi connectivity index (χ4n) is 1.46. The Bertz CT molecular complexity index is 382. The zero-order valence-corrected chi connectivity index (χ0v) is 10.1. The number of hydrogen-bond acceptors (Lipinski definition) is 3. The van der Waals surface area contributed by atoms with E-state index in [0.29, 0.717) is 5.56 Å². The van der Waals surface area contributed by atoms with Gasteiger partial charge in [-0.15, -0.1) is 0 Å². The first kappa shape index (κ1) is 13.1. The summed E-state index contributed by atoms with van der Waals surface area (Å²) in [5.74, 6) is -0.893. The van der Waals surface area contributed by atoms with Gasteiger partial charge in [-0.2, -0.15) is 4.39 Å². The smallest absolute Gasteiger partial charge is 0.208 e. The molecule has 0 bridgehead atoms. The zero-order chi connectivity index (χ0) is 12.3. The second-order valence-corrected chi connectivity index (χ2v) is 3.82. The van der Waals surface area contributed by atoms with Crippen LogP contribution in [0, 0.1) is 5.82 Å². The molecule has 1 rings (SSSR count). The Morgan fingerprint density at radius 2 is 1.94 bits per heavy atom. The highest BCUT2D eigenvalue weighted by Crippen LogP contribution is 2.39. The van der Waals surface area contributed by atoms with Crippen LogP contribution < -0.4 is 9.47 Å². The lowest BCUT2D eigenvalue weighted by molar-refractivity contribution is 0.267. The van der Waals surface area contributed by atoms with Crippen molar-refractivity contribution in [1.82, 2.24) is 0 Å². The third-order valence-corrected chi connectivity index (χ3v) is 2.65. The monoisotopic (exact) mass is 248 g/mol. The quantitative estimate of drug-likeness (QED) is 0.890. The Morgan fingerprint density at radius 1 is 1.38 bits per heavy atom. The molecular formula is C11H14ClFO3. The minimum absolute atomic E-state index is 0.0487. The summed E-state index contributed by atoms with van der Waals surface area (Å²) in [4.78, 5) is 0. The second kappa shape index (κ2) is 5.37. The minimum Gasteiger partial charge on any atom is -0.493 e. The molecule has 16 heavy (non-hydrogen) atoms. The van der Waals surface area contributed by atoms with Crippen molar-refractivity contribution in [2.45, 2.75) is 12.8 Å². The van der Waals surface area contributed by atoms with Crippen LogP contribution in [0.2, 0.25) is 5.02 Å². The van der Waals surface area contributed by atoms with Crippen molar-refractivity contribution in [1.29, 1.82) is 0 Å². The Morgan fingerprint density at radius 3 is 2.38 bits per heavy atom. The van der Waals surface area contributed by atoms with Gasteiger partial charge in [-0.25, -0.2) is 0 Å². The van der Waals surface area contributed by atoms with Crippen LogP contribution in [0.15, 0.2) is 6.07 Å². The van der Waals surface area contributed by atoms with Gasteiger partial charge in [0, 0.05) is 18.1 Å². The zero-order valence-electron chi connectivity index (χ0n) is 9.38. The van der Waals surface area contributed by atoms with E-state index >= 15 is 0 Å². The van der Waals surface area contributed by atoms with E-state index < -0.39 is 5.82 Å². The van der Waals surface area contributed by atoms with Gasteiger partial charge < -0.3 is 14.6 Å². The average molecular weight is 249 g/mol. The number of hydrogen-bond donors (Lipinski definition) is 1. The third kappa shape index (κ3) is 2.23. The van der Waals surface area contributed by atoms with Crippen molar-refractivity contribution in [3.63, 3.8) is 0 Å². The Hall–Kier alpha value is -1.00. The van der Waals surface area contributed by atoms with Gasteiger partial charge in [0.25, 0.3) is 0 Å². The van der Waals surface area contributed by atoms with E-state index in [2.05, 4.69) is 0 Å². The lowest BCUT2D eigenvalue weighted by Crippen LogP contribution is -2.05. The third-order valence-electron chi connectivity index (χ3n) is 2.37. The van der Waals surface area contributed by atoms with E-state index in [1.165, 1.54) is 14.2 Å². The molecule has 0 aromatic heterocycles. The van der Waals surface area contributed by atoms with Crippen LogP contribution in [0.4, 0.5) is 4.39 Å². The van der Waals surface area contributed by atoms with E-state index in [0.717, 1.165) is 0 Å². The molecular weight excluding hydrogens is 235 g/mol. The molecule has 0 amide bonds. The molecule has 0 radical (unpaired) electrons. The van der Waals surface area contributed by atoms with Gasteiger partial charge in [0.15, 0.2) is 11.5 Å². The van der Waals surface area contributed by atoms with Gasteiger partial charge in [0.1, 0.15) is 0 Å². The topological polar surface area (TPSA) is 38.7 Å². The molecule has 0 aliphatic rings. The van der Waals surface area contributed by atoms with E-state index in [9.17, 15) is 4.39 Å². The molecule has 5 heteroatoms. The first-order valence-corrected chi connectivity index (χ1v) is 5.15. The van der Waals surface area contributed by atoms with Crippen LogP contribution in [0.3, 0.4) is 0 Å². The fraction of sp³-hybridized carbons (Fsp3) is 0.455. The predicted molar refractivity (Wildman–Crippen MR) is 60.0 cm³/mol. The molecule has 1 atom stereocenters. The van der Waals surface area contributed by atoms with Crippen LogP contribution in [0.5, 0.6) is 11.5 Å². The standard InChI is InChI=1S/C11H14ClFO3/c1-6(5-14)7-4-8(12)11(16-3)9(13)10(7)15-2/h4,6,14H,5H2,1-3H3. The first-order chi connectivity index (χ1) is 7.56. The summed E-state index contributed by atoms with van der Waals surface area (Å²) in [6.07, 6.45) is 0. The summed E-state index contributed by atoms with van der Waals surface area (Å²) in [6.45, 7) is 1.64. The summed E-state index contributed by atoms with van der Waals surface area (Å²) in [5, 5.41) is 9.23. The first-order valence-electron chi connectivity index (χ1n) is 4.77. The number of ether oxygens (including phenoxy) is 2. The predicted octanol–water partition coefficient (Wildman–Crippen LogP) is 2.59. The molecule has 1 aromatic rings. The molecule has 1 unspecified atom stereocenters. The van der Waals surface area contributed by atoms with Crippen molar-refractivity contribution in [3.8, 4) is 11.5 Å². The molecule has 0 spiro atoms. The van der Waals surface area contributed by atoms with Crippen molar-refractivity contribution in [2.24, 2.45) is 0 Å². The van der Waals surface area contributed by atoms with Gasteiger partial charge in [-0.3, -0.25) is 0 Å². The Balaban J connectivity index is 3.40. The highest BCUT2D eigenvalue weighted by molar-refractivity contribution is 6.32. The van der Waals surface area contributed by atoms with Gasteiger partial charge in [0.2, 0.25) is 5.82 Å². The molecule has 90 valence electrons. The van der Waals surface area contributed by atoms with Gasteiger partial charge in [-0.1, -0.05) is 18.5 Å².